The molecule has 68 heavy (non-hydrogen) atoms. The van der Waals surface area contributed by atoms with E-state index in [9.17, 15) is 0 Å². The minimum atomic E-state index is -0.183. The first-order valence-corrected chi connectivity index (χ1v) is 26.9. The van der Waals surface area contributed by atoms with E-state index in [4.69, 9.17) is 4.99 Å². The molecule has 2 N–H and O–H groups in total. The molecule has 3 aliphatic heterocycles. The molecule has 3 aromatic carbocycles. The summed E-state index contributed by atoms with van der Waals surface area (Å²) < 4.78 is 0. The summed E-state index contributed by atoms with van der Waals surface area (Å²) in [4.78, 5) is 11.5. The maximum Gasteiger partial charge on any atom is 0.131 e. The highest BCUT2D eigenvalue weighted by molar-refractivity contribution is 8.07. The largest absolute Gasteiger partial charge is 0.364 e. The highest BCUT2D eigenvalue weighted by atomic mass is 32.2. The Balaban J connectivity index is 0.914. The van der Waals surface area contributed by atoms with Gasteiger partial charge in [0.25, 0.3) is 0 Å². The summed E-state index contributed by atoms with van der Waals surface area (Å²) in [6, 6.07) is 34.1. The average Bonchev–Trinajstić information content (AvgIpc) is 3.95. The quantitative estimate of drug-likeness (QED) is 0.221. The molecular weight excluding hydrogens is 845 g/mol. The van der Waals surface area contributed by atoms with Gasteiger partial charge < -0.3 is 10.2 Å². The molecule has 4 nitrogen and oxygen atoms in total. The summed E-state index contributed by atoms with van der Waals surface area (Å²) in [5.74, 6) is 3.86. The van der Waals surface area contributed by atoms with Crippen LogP contribution in [-0.2, 0) is 0 Å². The number of fused-ring (bicyclic) bond motifs is 5. The highest BCUT2D eigenvalue weighted by Gasteiger charge is 2.52. The number of thioether (sulfide) groups is 1. The number of nitrogens with one attached hydrogen (secondary N) is 2. The smallest absolute Gasteiger partial charge is 0.131 e. The van der Waals surface area contributed by atoms with Crippen LogP contribution in [0.4, 0.5) is 5.69 Å². The number of hydrogen-bond donors (Lipinski definition) is 2. The fraction of sp³-hybridized carbons (Fsp3) is 0.349. The van der Waals surface area contributed by atoms with Crippen molar-refractivity contribution < 1.29 is 0 Å². The number of hydrogen-bond acceptors (Lipinski definition) is 5. The Morgan fingerprint density at radius 3 is 2.29 bits per heavy atom. The highest BCUT2D eigenvalue weighted by Crippen LogP contribution is 2.59. The van der Waals surface area contributed by atoms with Crippen LogP contribution in [0.1, 0.15) is 101 Å². The molecule has 3 aromatic rings. The predicted octanol–water partition coefficient (Wildman–Crippen LogP) is 14.6. The lowest BCUT2D eigenvalue weighted by atomic mass is 9.72. The average molecular weight is 909 g/mol. The van der Waals surface area contributed by atoms with Crippen LogP contribution in [0.2, 0.25) is 0 Å². The van der Waals surface area contributed by atoms with Crippen LogP contribution in [0.5, 0.6) is 0 Å². The van der Waals surface area contributed by atoms with Gasteiger partial charge in [0.15, 0.2) is 0 Å². The number of aliphatic imine (C=N–C) groups is 1. The van der Waals surface area contributed by atoms with Gasteiger partial charge >= 0.3 is 0 Å². The van der Waals surface area contributed by atoms with E-state index < -0.39 is 0 Å². The fourth-order valence-electron chi connectivity index (χ4n) is 13.8. The Hall–Kier alpha value is -5.62. The van der Waals surface area contributed by atoms with Crippen molar-refractivity contribution in [2.75, 3.05) is 4.90 Å². The second-order valence-electron chi connectivity index (χ2n) is 20.9. The Bertz CT molecular complexity index is 2840. The van der Waals surface area contributed by atoms with Crippen molar-refractivity contribution in [1.29, 1.82) is 0 Å². The van der Waals surface area contributed by atoms with Gasteiger partial charge in [0.2, 0.25) is 0 Å². The zero-order valence-corrected chi connectivity index (χ0v) is 40.1. The van der Waals surface area contributed by atoms with E-state index in [-0.39, 0.29) is 12.3 Å². The zero-order chi connectivity index (χ0) is 45.0. The summed E-state index contributed by atoms with van der Waals surface area (Å²) in [7, 11) is 0. The molecule has 1 saturated heterocycles. The lowest BCUT2D eigenvalue weighted by Gasteiger charge is -2.38. The van der Waals surface area contributed by atoms with Gasteiger partial charge in [-0.1, -0.05) is 164 Å². The number of benzene rings is 3. The molecule has 10 aliphatic rings. The first kappa shape index (κ1) is 42.5. The molecule has 3 heterocycles. The standard InChI is InChI=1S/C63H64N4S/c1-6-18-41(19-7-1)45-30-33-49(42-20-8-2-9-21-42)52(36-45)47-31-34-50(56(38-47)63-65-61(43-22-10-3-11-23-43)64-62(66-63)44-24-12-4-13-25-44)46-32-35-59-54(37-46)55-39-58-53(40-60(55)68-59)51-28-16-17-29-57(51)67(58)48-26-14-5-15-27-48/h2-6,8,10-18,20,22-27,33,36-38,40-41,45,51,53,55,57-58,61,63,65H,1,7,9,19,21,28-32,34-35,39H2,(H,64,66). The molecular formula is C63H64N4S. The van der Waals surface area contributed by atoms with Gasteiger partial charge in [-0.2, -0.15) is 0 Å². The fourth-order valence-corrected chi connectivity index (χ4v) is 15.2. The predicted molar refractivity (Wildman–Crippen MR) is 284 cm³/mol. The van der Waals surface area contributed by atoms with Crippen LogP contribution in [0.25, 0.3) is 0 Å². The number of allylic oxidation sites excluding steroid dienone is 18. The molecule has 0 bridgehead atoms. The van der Waals surface area contributed by atoms with Crippen molar-refractivity contribution >= 4 is 23.3 Å². The van der Waals surface area contributed by atoms with Crippen molar-refractivity contribution in [3.05, 3.63) is 229 Å². The summed E-state index contributed by atoms with van der Waals surface area (Å²) in [5.41, 5.74) is 15.8. The summed E-state index contributed by atoms with van der Waals surface area (Å²) >= 11 is 2.14. The molecule has 1 fully saturated rings. The minimum Gasteiger partial charge on any atom is -0.364 e. The maximum absolute atomic E-state index is 5.39. The Morgan fingerprint density at radius 2 is 1.47 bits per heavy atom. The maximum atomic E-state index is 5.39. The van der Waals surface area contributed by atoms with E-state index in [1.165, 1.54) is 76.8 Å². The van der Waals surface area contributed by atoms with Crippen molar-refractivity contribution in [2.24, 2.45) is 34.6 Å². The lowest BCUT2D eigenvalue weighted by Crippen LogP contribution is -2.52. The number of amidine groups is 1. The van der Waals surface area contributed by atoms with Crippen LogP contribution in [0.3, 0.4) is 0 Å². The summed E-state index contributed by atoms with van der Waals surface area (Å²) in [5, 5.41) is 8.14. The van der Waals surface area contributed by atoms with E-state index in [0.717, 1.165) is 62.8 Å². The first-order valence-electron chi connectivity index (χ1n) is 26.1. The van der Waals surface area contributed by atoms with Crippen LogP contribution in [0, 0.1) is 29.6 Å². The van der Waals surface area contributed by atoms with Crippen molar-refractivity contribution in [3.63, 3.8) is 0 Å². The van der Waals surface area contributed by atoms with E-state index in [1.54, 1.807) is 21.0 Å². The number of para-hydroxylation sites is 1. The SMILES string of the molecule is C1=CCCC(C2=CCC(C3C=CCCC3)C=C2C2=CC(C3NC(c4ccccc4)=NC(c4ccccc4)N3)=C(C3=CC4=C(CC3)SC3=CC5C6CC=CCC6N(c6ccccc6)C5CC34)CC2)=C1. The van der Waals surface area contributed by atoms with E-state index in [0.29, 0.717) is 41.7 Å². The summed E-state index contributed by atoms with van der Waals surface area (Å²) in [6.45, 7) is 0. The molecule has 13 rings (SSSR count). The van der Waals surface area contributed by atoms with E-state index in [1.807, 2.05) is 0 Å². The van der Waals surface area contributed by atoms with Gasteiger partial charge in [-0.25, -0.2) is 4.99 Å². The second-order valence-corrected chi connectivity index (χ2v) is 22.0. The molecule has 0 amide bonds. The lowest BCUT2D eigenvalue weighted by molar-refractivity contribution is 0.365. The van der Waals surface area contributed by atoms with Crippen molar-refractivity contribution in [2.45, 2.75) is 108 Å². The van der Waals surface area contributed by atoms with Gasteiger partial charge in [0, 0.05) is 35.2 Å². The number of anilines is 1. The molecule has 0 spiro atoms. The zero-order valence-electron chi connectivity index (χ0n) is 39.3. The third kappa shape index (κ3) is 7.88. The molecule has 0 saturated carbocycles. The molecule has 0 aromatic heterocycles. The Kier molecular flexibility index (Phi) is 11.5. The topological polar surface area (TPSA) is 39.7 Å². The molecule has 0 radical (unpaired) electrons. The third-order valence-electron chi connectivity index (χ3n) is 17.1. The molecule has 9 unspecified atom stereocenters. The van der Waals surface area contributed by atoms with Gasteiger partial charge in [-0.05, 0) is 173 Å². The number of nitrogens with zero attached hydrogens (tertiary/aromatic N) is 2. The number of rotatable bonds is 8. The third-order valence-corrected chi connectivity index (χ3v) is 18.4. The minimum absolute atomic E-state index is 0.126. The van der Waals surface area contributed by atoms with Crippen molar-refractivity contribution in [1.82, 2.24) is 10.6 Å². The van der Waals surface area contributed by atoms with Gasteiger partial charge in [-0.15, -0.1) is 0 Å². The first-order chi connectivity index (χ1) is 33.7. The van der Waals surface area contributed by atoms with Gasteiger partial charge in [-0.3, -0.25) is 5.32 Å². The molecule has 5 heteroatoms. The van der Waals surface area contributed by atoms with Crippen LogP contribution in [-0.4, -0.2) is 24.1 Å². The Labute approximate surface area is 408 Å². The summed E-state index contributed by atoms with van der Waals surface area (Å²) in [6.07, 6.45) is 45.1. The van der Waals surface area contributed by atoms with E-state index >= 15 is 0 Å². The van der Waals surface area contributed by atoms with Gasteiger partial charge in [0.05, 0.1) is 0 Å². The van der Waals surface area contributed by atoms with E-state index in [2.05, 4.69) is 191 Å². The second kappa shape index (κ2) is 18.4. The van der Waals surface area contributed by atoms with Crippen LogP contribution >= 0.6 is 11.8 Å². The molecule has 9 atom stereocenters. The monoisotopic (exact) mass is 908 g/mol. The van der Waals surface area contributed by atoms with Crippen LogP contribution in [0.15, 0.2) is 223 Å². The normalized spacial score (nSPS) is 31.8. The Morgan fingerprint density at radius 1 is 0.662 bits per heavy atom. The van der Waals surface area contributed by atoms with Crippen molar-refractivity contribution in [3.8, 4) is 0 Å². The molecule has 342 valence electrons. The van der Waals surface area contributed by atoms with Crippen LogP contribution < -0.4 is 15.5 Å². The van der Waals surface area contributed by atoms with Gasteiger partial charge in [0.1, 0.15) is 18.2 Å². The molecule has 7 aliphatic carbocycles.